The highest BCUT2D eigenvalue weighted by molar-refractivity contribution is 9.10. The molecule has 1 aromatic carbocycles. The van der Waals surface area contributed by atoms with Gasteiger partial charge in [-0.15, -0.1) is 0 Å². The number of hydrogen-bond acceptors (Lipinski definition) is 3. The average Bonchev–Trinajstić information content (AvgIpc) is 2.37. The first-order valence-corrected chi connectivity index (χ1v) is 7.79. The Kier molecular flexibility index (Phi) is 5.26. The van der Waals surface area contributed by atoms with Crippen molar-refractivity contribution in [3.05, 3.63) is 33.3 Å². The van der Waals surface area contributed by atoms with Gasteiger partial charge in [0.05, 0.1) is 0 Å². The molecule has 2 N–H and O–H groups in total. The van der Waals surface area contributed by atoms with Crippen molar-refractivity contribution in [3.63, 3.8) is 0 Å². The molecule has 106 valence electrons. The highest BCUT2D eigenvalue weighted by Crippen LogP contribution is 2.31. The summed E-state index contributed by atoms with van der Waals surface area (Å²) in [5.74, 6) is 0. The molecule has 1 fully saturated rings. The first-order valence-electron chi connectivity index (χ1n) is 6.62. The second-order valence-corrected chi connectivity index (χ2v) is 6.55. The Labute approximate surface area is 128 Å². The van der Waals surface area contributed by atoms with Crippen molar-refractivity contribution in [3.8, 4) is 0 Å². The fourth-order valence-electron chi connectivity index (χ4n) is 2.76. The molecule has 2 rings (SSSR count). The summed E-state index contributed by atoms with van der Waals surface area (Å²) in [6.07, 6.45) is 0. The lowest BCUT2D eigenvalue weighted by Gasteiger charge is -2.43. The molecule has 0 aliphatic carbocycles. The Balaban J connectivity index is 2.20. The Morgan fingerprint density at radius 1 is 1.47 bits per heavy atom. The summed E-state index contributed by atoms with van der Waals surface area (Å²) in [7, 11) is 2.15. The molecule has 2 unspecified atom stereocenters. The van der Waals surface area contributed by atoms with Crippen LogP contribution in [-0.2, 0) is 0 Å². The maximum absolute atomic E-state index is 6.36. The van der Waals surface area contributed by atoms with E-state index in [4.69, 9.17) is 17.3 Å². The molecule has 0 saturated carbocycles. The molecule has 1 aliphatic rings. The van der Waals surface area contributed by atoms with Gasteiger partial charge in [0.25, 0.3) is 0 Å². The molecule has 1 saturated heterocycles. The van der Waals surface area contributed by atoms with Crippen LogP contribution in [0.25, 0.3) is 0 Å². The van der Waals surface area contributed by atoms with Gasteiger partial charge in [0.1, 0.15) is 0 Å². The zero-order chi connectivity index (χ0) is 14.0. The smallest absolute Gasteiger partial charge is 0.0464 e. The fourth-order valence-corrected chi connectivity index (χ4v) is 3.59. The van der Waals surface area contributed by atoms with E-state index in [1.165, 1.54) is 5.56 Å². The second-order valence-electron chi connectivity index (χ2n) is 5.23. The molecule has 5 heteroatoms. The van der Waals surface area contributed by atoms with Crippen LogP contribution in [0, 0.1) is 0 Å². The lowest BCUT2D eigenvalue weighted by Crippen LogP contribution is -2.55. The number of rotatable bonds is 3. The van der Waals surface area contributed by atoms with Gasteiger partial charge in [0.15, 0.2) is 0 Å². The summed E-state index contributed by atoms with van der Waals surface area (Å²) in [6.45, 7) is 6.03. The summed E-state index contributed by atoms with van der Waals surface area (Å²) < 4.78 is 1.02. The summed E-state index contributed by atoms with van der Waals surface area (Å²) in [5.41, 5.74) is 7.10. The van der Waals surface area contributed by atoms with Gasteiger partial charge in [-0.1, -0.05) is 33.6 Å². The summed E-state index contributed by atoms with van der Waals surface area (Å²) in [6, 6.07) is 6.80. The maximum atomic E-state index is 6.36. The number of nitrogens with zero attached hydrogens (tertiary/aromatic N) is 2. The molecule has 0 spiro atoms. The highest BCUT2D eigenvalue weighted by atomic mass is 79.9. The van der Waals surface area contributed by atoms with Crippen molar-refractivity contribution in [2.24, 2.45) is 5.73 Å². The molecule has 3 nitrogen and oxygen atoms in total. The van der Waals surface area contributed by atoms with Crippen LogP contribution in [0.2, 0.25) is 5.02 Å². The predicted molar refractivity (Wildman–Crippen MR) is 84.6 cm³/mol. The Morgan fingerprint density at radius 2 is 2.21 bits per heavy atom. The van der Waals surface area contributed by atoms with Crippen molar-refractivity contribution < 1.29 is 0 Å². The zero-order valence-electron chi connectivity index (χ0n) is 11.4. The molecule has 0 amide bonds. The SMILES string of the molecule is CC(c1ccc(Br)cc1Cl)N1CCN(C)CC1CN. The predicted octanol–water partition coefficient (Wildman–Crippen LogP) is 2.74. The van der Waals surface area contributed by atoms with Crippen LogP contribution < -0.4 is 5.73 Å². The van der Waals surface area contributed by atoms with Crippen LogP contribution in [0.4, 0.5) is 0 Å². The first kappa shape index (κ1) is 15.3. The minimum absolute atomic E-state index is 0.294. The second kappa shape index (κ2) is 6.55. The van der Waals surface area contributed by atoms with Crippen LogP contribution in [0.3, 0.4) is 0 Å². The molecule has 0 radical (unpaired) electrons. The van der Waals surface area contributed by atoms with E-state index in [0.29, 0.717) is 18.6 Å². The van der Waals surface area contributed by atoms with Gasteiger partial charge in [-0.05, 0) is 31.7 Å². The number of likely N-dealkylation sites (N-methyl/N-ethyl adjacent to an activating group) is 1. The molecule has 1 heterocycles. The van der Waals surface area contributed by atoms with E-state index in [-0.39, 0.29) is 0 Å². The van der Waals surface area contributed by atoms with E-state index >= 15 is 0 Å². The van der Waals surface area contributed by atoms with Crippen LogP contribution in [0.5, 0.6) is 0 Å². The van der Waals surface area contributed by atoms with Crippen LogP contribution in [0.15, 0.2) is 22.7 Å². The van der Waals surface area contributed by atoms with Crippen LogP contribution in [0.1, 0.15) is 18.5 Å². The topological polar surface area (TPSA) is 32.5 Å². The van der Waals surface area contributed by atoms with Gasteiger partial charge in [-0.25, -0.2) is 0 Å². The molecule has 1 aromatic rings. The number of nitrogens with two attached hydrogens (primary N) is 1. The fraction of sp³-hybridized carbons (Fsp3) is 0.571. The number of benzene rings is 1. The van der Waals surface area contributed by atoms with Gasteiger partial charge in [0.2, 0.25) is 0 Å². The third-order valence-electron chi connectivity index (χ3n) is 3.91. The molecule has 0 aromatic heterocycles. The number of hydrogen-bond donors (Lipinski definition) is 1. The minimum Gasteiger partial charge on any atom is -0.329 e. The molecular weight excluding hydrogens is 326 g/mol. The standard InChI is InChI=1S/C14H21BrClN3/c1-10(13-4-3-11(15)7-14(13)16)19-6-5-18(2)9-12(19)8-17/h3-4,7,10,12H,5-6,8-9,17H2,1-2H3. The van der Waals surface area contributed by atoms with Crippen molar-refractivity contribution in [2.45, 2.75) is 19.0 Å². The van der Waals surface area contributed by atoms with Gasteiger partial charge in [0, 0.05) is 47.8 Å². The number of halogens is 2. The Morgan fingerprint density at radius 3 is 2.84 bits per heavy atom. The average molecular weight is 347 g/mol. The van der Waals surface area contributed by atoms with Crippen molar-refractivity contribution in [1.82, 2.24) is 9.80 Å². The molecule has 2 atom stereocenters. The maximum Gasteiger partial charge on any atom is 0.0464 e. The molecular formula is C14H21BrClN3. The third-order valence-corrected chi connectivity index (χ3v) is 4.73. The highest BCUT2D eigenvalue weighted by Gasteiger charge is 2.29. The van der Waals surface area contributed by atoms with E-state index in [9.17, 15) is 0 Å². The van der Waals surface area contributed by atoms with Crippen LogP contribution >= 0.6 is 27.5 Å². The molecule has 0 bridgehead atoms. The normalized spacial score (nSPS) is 23.5. The van der Waals surface area contributed by atoms with Crippen molar-refractivity contribution in [2.75, 3.05) is 33.2 Å². The van der Waals surface area contributed by atoms with E-state index < -0.39 is 0 Å². The summed E-state index contributed by atoms with van der Waals surface area (Å²) in [5, 5.41) is 0.816. The molecule has 1 aliphatic heterocycles. The Hall–Kier alpha value is -0.130. The Bertz CT molecular complexity index is 441. The van der Waals surface area contributed by atoms with Gasteiger partial charge in [-0.2, -0.15) is 0 Å². The van der Waals surface area contributed by atoms with E-state index in [0.717, 1.165) is 29.1 Å². The van der Waals surface area contributed by atoms with E-state index in [1.807, 2.05) is 12.1 Å². The largest absolute Gasteiger partial charge is 0.329 e. The lowest BCUT2D eigenvalue weighted by molar-refractivity contribution is 0.0621. The third kappa shape index (κ3) is 3.50. The van der Waals surface area contributed by atoms with Crippen molar-refractivity contribution >= 4 is 27.5 Å². The van der Waals surface area contributed by atoms with Crippen LogP contribution in [-0.4, -0.2) is 49.1 Å². The van der Waals surface area contributed by atoms with Gasteiger partial charge in [-0.3, -0.25) is 4.90 Å². The van der Waals surface area contributed by atoms with Gasteiger partial charge >= 0.3 is 0 Å². The quantitative estimate of drug-likeness (QED) is 0.913. The first-order chi connectivity index (χ1) is 9.02. The monoisotopic (exact) mass is 345 g/mol. The van der Waals surface area contributed by atoms with Gasteiger partial charge < -0.3 is 10.6 Å². The summed E-state index contributed by atoms with van der Waals surface area (Å²) in [4.78, 5) is 4.80. The minimum atomic E-state index is 0.294. The molecule has 19 heavy (non-hydrogen) atoms. The zero-order valence-corrected chi connectivity index (χ0v) is 13.8. The van der Waals surface area contributed by atoms with E-state index in [1.54, 1.807) is 0 Å². The van der Waals surface area contributed by atoms with Crippen molar-refractivity contribution in [1.29, 1.82) is 0 Å². The lowest BCUT2D eigenvalue weighted by atomic mass is 10.0. The van der Waals surface area contributed by atoms with E-state index in [2.05, 4.69) is 45.8 Å². The number of piperazine rings is 1. The summed E-state index contributed by atoms with van der Waals surface area (Å²) >= 11 is 9.81.